The third-order valence-electron chi connectivity index (χ3n) is 6.96. The van der Waals surface area contributed by atoms with Crippen molar-refractivity contribution in [2.45, 2.75) is 43.8 Å². The van der Waals surface area contributed by atoms with Crippen LogP contribution in [-0.2, 0) is 29.2 Å². The highest BCUT2D eigenvalue weighted by atomic mass is 35.5. The van der Waals surface area contributed by atoms with Gasteiger partial charge in [-0.2, -0.15) is 17.9 Å². The number of sulfonamides is 1. The Bertz CT molecular complexity index is 2020. The predicted octanol–water partition coefficient (Wildman–Crippen LogP) is 6.94. The Balaban J connectivity index is 1.46. The summed E-state index contributed by atoms with van der Waals surface area (Å²) < 4.78 is 71.9. The summed E-state index contributed by atoms with van der Waals surface area (Å²) in [6.45, 7) is 1.99. The molecule has 14 heteroatoms. The second-order valence-corrected chi connectivity index (χ2v) is 13.0. The molecule has 5 rings (SSSR count). The number of amides is 1. The van der Waals surface area contributed by atoms with Crippen molar-refractivity contribution in [3.63, 3.8) is 0 Å². The lowest BCUT2D eigenvalue weighted by Gasteiger charge is -2.12. The average molecular weight is 675 g/mol. The first-order chi connectivity index (χ1) is 21.4. The lowest BCUT2D eigenvalue weighted by atomic mass is 10.0. The van der Waals surface area contributed by atoms with Crippen molar-refractivity contribution >= 4 is 38.9 Å². The molecule has 0 bridgehead atoms. The number of rotatable bonds is 10. The average Bonchev–Trinajstić information content (AvgIpc) is 3.58. The van der Waals surface area contributed by atoms with Gasteiger partial charge in [0, 0.05) is 12.0 Å². The molecule has 1 N–H and O–H groups in total. The highest BCUT2D eigenvalue weighted by molar-refractivity contribution is 7.90. The molecule has 0 aliphatic rings. The molecular formula is C31H26ClF3N4O4S2. The van der Waals surface area contributed by atoms with Gasteiger partial charge in [0.05, 0.1) is 27.7 Å². The molecular weight excluding hydrogens is 649 g/mol. The Hall–Kier alpha value is -4.20. The molecule has 0 aliphatic carbocycles. The van der Waals surface area contributed by atoms with Gasteiger partial charge in [0.15, 0.2) is 0 Å². The zero-order chi connectivity index (χ0) is 32.4. The van der Waals surface area contributed by atoms with E-state index in [2.05, 4.69) is 9.82 Å². The maximum absolute atomic E-state index is 13.7. The molecule has 3 aromatic carbocycles. The number of unbranched alkanes of at least 4 members (excludes halogenated alkanes) is 1. The van der Waals surface area contributed by atoms with Crippen molar-refractivity contribution in [1.82, 2.24) is 19.1 Å². The Kier molecular flexibility index (Phi) is 9.33. The van der Waals surface area contributed by atoms with Crippen LogP contribution in [0, 0.1) is 0 Å². The number of nitrogens with zero attached hydrogens (tertiary/aromatic N) is 3. The molecule has 45 heavy (non-hydrogen) atoms. The fourth-order valence-corrected chi connectivity index (χ4v) is 7.05. The van der Waals surface area contributed by atoms with Gasteiger partial charge in [-0.25, -0.2) is 17.9 Å². The van der Waals surface area contributed by atoms with Crippen LogP contribution < -0.4 is 10.4 Å². The minimum atomic E-state index is -4.68. The van der Waals surface area contributed by atoms with Crippen molar-refractivity contribution in [2.24, 2.45) is 0 Å². The maximum Gasteiger partial charge on any atom is 0.418 e. The van der Waals surface area contributed by atoms with Crippen LogP contribution in [0.5, 0.6) is 0 Å². The van der Waals surface area contributed by atoms with E-state index in [1.54, 1.807) is 41.8 Å². The van der Waals surface area contributed by atoms with E-state index in [-0.39, 0.29) is 27.0 Å². The number of halogens is 4. The van der Waals surface area contributed by atoms with Crippen LogP contribution in [0.1, 0.15) is 46.4 Å². The number of hydrogen-bond donors (Lipinski definition) is 1. The standard InChI is InChI=1S/C31H26ClF3N4O4S2/c1-2-3-12-27-36-39(25-10-6-5-9-23(25)31(33,34)35)30(41)38(27)19-20-13-15-21(16-14-20)22-8-4-7-11-26(22)45(42,43)37-29(40)28-24(32)17-18-44-28/h4-11,13-18H,2-3,12,19H2,1H3,(H,37,40). The molecule has 8 nitrogen and oxygen atoms in total. The Morgan fingerprint density at radius 3 is 2.36 bits per heavy atom. The van der Waals surface area contributed by atoms with Gasteiger partial charge in [-0.1, -0.05) is 79.5 Å². The molecule has 0 spiro atoms. The summed E-state index contributed by atoms with van der Waals surface area (Å²) in [7, 11) is -4.29. The summed E-state index contributed by atoms with van der Waals surface area (Å²) in [6, 6.07) is 19.2. The number of aryl methyl sites for hydroxylation is 1. The number of benzene rings is 3. The molecule has 0 radical (unpaired) electrons. The lowest BCUT2D eigenvalue weighted by Crippen LogP contribution is -2.30. The molecule has 0 fully saturated rings. The van der Waals surface area contributed by atoms with Crippen LogP contribution in [0.15, 0.2) is 93.9 Å². The third-order valence-corrected chi connectivity index (χ3v) is 9.69. The number of nitrogens with one attached hydrogen (secondary N) is 1. The minimum absolute atomic E-state index is 0.0317. The van der Waals surface area contributed by atoms with Crippen LogP contribution in [-0.4, -0.2) is 28.7 Å². The zero-order valence-electron chi connectivity index (χ0n) is 23.7. The van der Waals surface area contributed by atoms with Crippen molar-refractivity contribution in [2.75, 3.05) is 0 Å². The maximum atomic E-state index is 13.7. The van der Waals surface area contributed by atoms with Crippen LogP contribution in [0.2, 0.25) is 5.02 Å². The van der Waals surface area contributed by atoms with Crippen molar-refractivity contribution in [3.8, 4) is 16.8 Å². The number of aromatic nitrogens is 3. The zero-order valence-corrected chi connectivity index (χ0v) is 26.1. The fraction of sp³-hybridized carbons (Fsp3) is 0.194. The summed E-state index contributed by atoms with van der Waals surface area (Å²) in [4.78, 5) is 26.0. The molecule has 1 amide bonds. The van der Waals surface area contributed by atoms with Crippen LogP contribution in [0.3, 0.4) is 0 Å². The predicted molar refractivity (Wildman–Crippen MR) is 166 cm³/mol. The number of alkyl halides is 3. The second kappa shape index (κ2) is 13.0. The number of carbonyl (C=O) groups excluding carboxylic acids is 1. The van der Waals surface area contributed by atoms with E-state index in [1.165, 1.54) is 41.0 Å². The number of thiophene rings is 1. The Labute approximate surface area is 265 Å². The largest absolute Gasteiger partial charge is 0.418 e. The first kappa shape index (κ1) is 32.2. The van der Waals surface area contributed by atoms with Crippen molar-refractivity contribution in [3.05, 3.63) is 122 Å². The molecule has 0 unspecified atom stereocenters. The Morgan fingerprint density at radius 2 is 1.69 bits per heavy atom. The molecule has 5 aromatic rings. The molecule has 2 heterocycles. The van der Waals surface area contributed by atoms with Gasteiger partial charge in [-0.05, 0) is 47.2 Å². The molecule has 0 saturated carbocycles. The first-order valence-corrected chi connectivity index (χ1v) is 16.5. The van der Waals surface area contributed by atoms with Gasteiger partial charge in [0.2, 0.25) is 0 Å². The SMILES string of the molecule is CCCCc1nn(-c2ccccc2C(F)(F)F)c(=O)n1Cc1ccc(-c2ccccc2S(=O)(=O)NC(=O)c2sccc2Cl)cc1. The molecule has 0 saturated heterocycles. The minimum Gasteiger partial charge on any atom is -0.274 e. The summed E-state index contributed by atoms with van der Waals surface area (Å²) in [5.41, 5.74) is -0.531. The van der Waals surface area contributed by atoms with E-state index in [0.717, 1.165) is 28.5 Å². The summed E-state index contributed by atoms with van der Waals surface area (Å²) in [5.74, 6) is -0.496. The topological polar surface area (TPSA) is 103 Å². The number of carbonyl (C=O) groups is 1. The molecule has 234 valence electrons. The van der Waals surface area contributed by atoms with E-state index >= 15 is 0 Å². The van der Waals surface area contributed by atoms with E-state index in [9.17, 15) is 31.2 Å². The molecule has 2 aromatic heterocycles. The monoisotopic (exact) mass is 674 g/mol. The van der Waals surface area contributed by atoms with Gasteiger partial charge in [-0.15, -0.1) is 16.4 Å². The van der Waals surface area contributed by atoms with E-state index in [4.69, 9.17) is 11.6 Å². The van der Waals surface area contributed by atoms with Crippen LogP contribution in [0.4, 0.5) is 13.2 Å². The van der Waals surface area contributed by atoms with Gasteiger partial charge in [-0.3, -0.25) is 9.36 Å². The highest BCUT2D eigenvalue weighted by Gasteiger charge is 2.35. The van der Waals surface area contributed by atoms with Gasteiger partial charge in [0.1, 0.15) is 10.7 Å². The fourth-order valence-electron chi connectivity index (χ4n) is 4.76. The highest BCUT2D eigenvalue weighted by Crippen LogP contribution is 2.33. The van der Waals surface area contributed by atoms with Crippen molar-refractivity contribution < 1.29 is 26.4 Å². The van der Waals surface area contributed by atoms with E-state index in [0.29, 0.717) is 35.4 Å². The lowest BCUT2D eigenvalue weighted by molar-refractivity contribution is -0.137. The van der Waals surface area contributed by atoms with E-state index in [1.807, 2.05) is 6.92 Å². The van der Waals surface area contributed by atoms with Gasteiger partial charge in [0.25, 0.3) is 15.9 Å². The number of hydrogen-bond acceptors (Lipinski definition) is 6. The first-order valence-electron chi connectivity index (χ1n) is 13.7. The number of para-hydroxylation sites is 1. The molecule has 0 atom stereocenters. The smallest absolute Gasteiger partial charge is 0.274 e. The van der Waals surface area contributed by atoms with Crippen LogP contribution in [0.25, 0.3) is 16.8 Å². The molecule has 0 aliphatic heterocycles. The van der Waals surface area contributed by atoms with E-state index < -0.39 is 33.4 Å². The van der Waals surface area contributed by atoms with Crippen molar-refractivity contribution in [1.29, 1.82) is 0 Å². The summed E-state index contributed by atoms with van der Waals surface area (Å²) in [6.07, 6.45) is -2.82. The Morgan fingerprint density at radius 1 is 1.00 bits per heavy atom. The second-order valence-electron chi connectivity index (χ2n) is 10.0. The quantitative estimate of drug-likeness (QED) is 0.173. The van der Waals surface area contributed by atoms with Gasteiger partial charge < -0.3 is 0 Å². The summed E-state index contributed by atoms with van der Waals surface area (Å²) >= 11 is 7.01. The summed E-state index contributed by atoms with van der Waals surface area (Å²) in [5, 5.41) is 6.02. The van der Waals surface area contributed by atoms with Gasteiger partial charge >= 0.3 is 11.9 Å². The third kappa shape index (κ3) is 6.90. The normalized spacial score (nSPS) is 11.9. The van der Waals surface area contributed by atoms with Crippen LogP contribution >= 0.6 is 22.9 Å².